The van der Waals surface area contributed by atoms with Gasteiger partial charge in [-0.25, -0.2) is 4.98 Å². The molecule has 0 amide bonds. The van der Waals surface area contributed by atoms with Crippen LogP contribution in [-0.4, -0.2) is 11.5 Å². The predicted molar refractivity (Wildman–Crippen MR) is 66.6 cm³/mol. The highest BCUT2D eigenvalue weighted by atomic mass is 32.1. The summed E-state index contributed by atoms with van der Waals surface area (Å²) in [4.78, 5) is 5.59. The number of hydrogen-bond donors (Lipinski definition) is 1. The molecule has 0 atom stereocenters. The van der Waals surface area contributed by atoms with Crippen molar-refractivity contribution in [1.82, 2.24) is 10.3 Å². The lowest BCUT2D eigenvalue weighted by molar-refractivity contribution is 0.571. The normalized spacial score (nSPS) is 10.9. The number of oxazole rings is 1. The van der Waals surface area contributed by atoms with Crippen LogP contribution in [0.4, 0.5) is 0 Å². The number of aryl methyl sites for hydroxylation is 1. The summed E-state index contributed by atoms with van der Waals surface area (Å²) in [6, 6.07) is 2.08. The maximum atomic E-state index is 5.48. The standard InChI is InChI=1S/C12H16N2OS/c1-3-5-13-7-10-8-15-12(14-10)11-9(2)4-6-16-11/h4,6,8,13H,3,5,7H2,1-2H3. The average Bonchev–Trinajstić information content (AvgIpc) is 2.87. The maximum Gasteiger partial charge on any atom is 0.236 e. The van der Waals surface area contributed by atoms with E-state index in [0.29, 0.717) is 0 Å². The Morgan fingerprint density at radius 1 is 1.50 bits per heavy atom. The molecule has 4 heteroatoms. The van der Waals surface area contributed by atoms with Crippen molar-refractivity contribution in [2.45, 2.75) is 26.8 Å². The second kappa shape index (κ2) is 5.27. The molecular formula is C12H16N2OS. The van der Waals surface area contributed by atoms with E-state index in [2.05, 4.69) is 35.6 Å². The lowest BCUT2D eigenvalue weighted by Gasteiger charge is -1.97. The molecule has 2 aromatic rings. The summed E-state index contributed by atoms with van der Waals surface area (Å²) < 4.78 is 5.48. The van der Waals surface area contributed by atoms with Gasteiger partial charge < -0.3 is 9.73 Å². The van der Waals surface area contributed by atoms with Gasteiger partial charge in [0.05, 0.1) is 10.6 Å². The molecule has 0 aliphatic carbocycles. The SMILES string of the molecule is CCCNCc1coc(-c2sccc2C)n1. The molecule has 1 N–H and O–H groups in total. The van der Waals surface area contributed by atoms with E-state index < -0.39 is 0 Å². The third kappa shape index (κ3) is 2.51. The van der Waals surface area contributed by atoms with E-state index in [0.717, 1.165) is 36.0 Å². The molecule has 0 fully saturated rings. The molecule has 0 aliphatic rings. The number of aromatic nitrogens is 1. The molecular weight excluding hydrogens is 220 g/mol. The second-order valence-electron chi connectivity index (χ2n) is 3.75. The number of nitrogens with one attached hydrogen (secondary N) is 1. The van der Waals surface area contributed by atoms with Crippen LogP contribution in [-0.2, 0) is 6.54 Å². The molecule has 86 valence electrons. The Morgan fingerprint density at radius 2 is 2.38 bits per heavy atom. The van der Waals surface area contributed by atoms with Gasteiger partial charge in [-0.15, -0.1) is 11.3 Å². The van der Waals surface area contributed by atoms with Gasteiger partial charge in [-0.3, -0.25) is 0 Å². The number of nitrogens with zero attached hydrogens (tertiary/aromatic N) is 1. The number of hydrogen-bond acceptors (Lipinski definition) is 4. The van der Waals surface area contributed by atoms with Crippen LogP contribution in [0.3, 0.4) is 0 Å². The lowest BCUT2D eigenvalue weighted by atomic mass is 10.3. The fourth-order valence-electron chi connectivity index (χ4n) is 1.48. The van der Waals surface area contributed by atoms with E-state index in [-0.39, 0.29) is 0 Å². The van der Waals surface area contributed by atoms with E-state index in [1.807, 2.05) is 0 Å². The van der Waals surface area contributed by atoms with Gasteiger partial charge in [0.25, 0.3) is 0 Å². The van der Waals surface area contributed by atoms with Gasteiger partial charge in [0.2, 0.25) is 5.89 Å². The van der Waals surface area contributed by atoms with Crippen molar-refractivity contribution in [3.05, 3.63) is 29.0 Å². The van der Waals surface area contributed by atoms with Crippen LogP contribution in [0.2, 0.25) is 0 Å². The molecule has 3 nitrogen and oxygen atoms in total. The summed E-state index contributed by atoms with van der Waals surface area (Å²) in [5.41, 5.74) is 2.19. The molecule has 0 saturated carbocycles. The maximum absolute atomic E-state index is 5.48. The first-order valence-corrected chi connectivity index (χ1v) is 6.38. The van der Waals surface area contributed by atoms with Gasteiger partial charge in [0.15, 0.2) is 0 Å². The topological polar surface area (TPSA) is 38.1 Å². The Labute approximate surface area is 99.5 Å². The fourth-order valence-corrected chi connectivity index (χ4v) is 2.33. The highest BCUT2D eigenvalue weighted by molar-refractivity contribution is 7.13. The fraction of sp³-hybridized carbons (Fsp3) is 0.417. The van der Waals surface area contributed by atoms with E-state index in [4.69, 9.17) is 4.42 Å². The third-order valence-corrected chi connectivity index (χ3v) is 3.35. The highest BCUT2D eigenvalue weighted by Crippen LogP contribution is 2.27. The highest BCUT2D eigenvalue weighted by Gasteiger charge is 2.09. The molecule has 0 saturated heterocycles. The molecule has 0 unspecified atom stereocenters. The van der Waals surface area contributed by atoms with Crippen LogP contribution in [0.5, 0.6) is 0 Å². The van der Waals surface area contributed by atoms with Crippen molar-refractivity contribution < 1.29 is 4.42 Å². The zero-order chi connectivity index (χ0) is 11.4. The zero-order valence-electron chi connectivity index (χ0n) is 9.62. The minimum Gasteiger partial charge on any atom is -0.444 e. The van der Waals surface area contributed by atoms with Gasteiger partial charge in [-0.05, 0) is 36.9 Å². The van der Waals surface area contributed by atoms with Crippen molar-refractivity contribution in [2.24, 2.45) is 0 Å². The number of rotatable bonds is 5. The number of thiophene rings is 1. The quantitative estimate of drug-likeness (QED) is 0.810. The minimum atomic E-state index is 0.737. The van der Waals surface area contributed by atoms with Crippen molar-refractivity contribution in [3.63, 3.8) is 0 Å². The Hall–Kier alpha value is -1.13. The van der Waals surface area contributed by atoms with E-state index in [9.17, 15) is 0 Å². The largest absolute Gasteiger partial charge is 0.444 e. The smallest absolute Gasteiger partial charge is 0.236 e. The molecule has 0 spiro atoms. The lowest BCUT2D eigenvalue weighted by Crippen LogP contribution is -2.13. The summed E-state index contributed by atoms with van der Waals surface area (Å²) in [5, 5.41) is 5.36. The Morgan fingerprint density at radius 3 is 3.06 bits per heavy atom. The van der Waals surface area contributed by atoms with Crippen molar-refractivity contribution >= 4 is 11.3 Å². The van der Waals surface area contributed by atoms with Crippen LogP contribution < -0.4 is 5.32 Å². The van der Waals surface area contributed by atoms with Crippen molar-refractivity contribution in [1.29, 1.82) is 0 Å². The van der Waals surface area contributed by atoms with Gasteiger partial charge >= 0.3 is 0 Å². The third-order valence-electron chi connectivity index (χ3n) is 2.34. The first-order chi connectivity index (χ1) is 7.81. The first-order valence-electron chi connectivity index (χ1n) is 5.51. The van der Waals surface area contributed by atoms with Gasteiger partial charge in [-0.1, -0.05) is 6.92 Å². The summed E-state index contributed by atoms with van der Waals surface area (Å²) in [7, 11) is 0. The van der Waals surface area contributed by atoms with E-state index in [1.165, 1.54) is 5.56 Å². The average molecular weight is 236 g/mol. The van der Waals surface area contributed by atoms with Crippen molar-refractivity contribution in [2.75, 3.05) is 6.54 Å². The summed E-state index contributed by atoms with van der Waals surface area (Å²) in [5.74, 6) is 0.737. The Kier molecular flexibility index (Phi) is 3.74. The molecule has 0 aliphatic heterocycles. The summed E-state index contributed by atoms with van der Waals surface area (Å²) >= 11 is 1.67. The molecule has 0 radical (unpaired) electrons. The van der Waals surface area contributed by atoms with Crippen LogP contribution in [0.1, 0.15) is 24.6 Å². The van der Waals surface area contributed by atoms with Crippen LogP contribution >= 0.6 is 11.3 Å². The van der Waals surface area contributed by atoms with Crippen LogP contribution in [0.15, 0.2) is 22.1 Å². The molecule has 0 bridgehead atoms. The predicted octanol–water partition coefficient (Wildman–Crippen LogP) is 3.21. The Bertz CT molecular complexity index is 447. The minimum absolute atomic E-state index is 0.737. The van der Waals surface area contributed by atoms with Crippen molar-refractivity contribution in [3.8, 4) is 10.8 Å². The van der Waals surface area contributed by atoms with Crippen LogP contribution in [0, 0.1) is 6.92 Å². The molecule has 2 aromatic heterocycles. The summed E-state index contributed by atoms with van der Waals surface area (Å²) in [6.45, 7) is 6.02. The molecule has 2 rings (SSSR count). The van der Waals surface area contributed by atoms with Gasteiger partial charge in [0, 0.05) is 6.54 Å². The molecule has 16 heavy (non-hydrogen) atoms. The Balaban J connectivity index is 2.05. The monoisotopic (exact) mass is 236 g/mol. The molecule has 0 aromatic carbocycles. The second-order valence-corrected chi connectivity index (χ2v) is 4.67. The summed E-state index contributed by atoms with van der Waals surface area (Å²) in [6.07, 6.45) is 2.87. The van der Waals surface area contributed by atoms with E-state index in [1.54, 1.807) is 17.6 Å². The molecule has 2 heterocycles. The first kappa shape index (κ1) is 11.4. The van der Waals surface area contributed by atoms with Gasteiger partial charge in [0.1, 0.15) is 6.26 Å². The van der Waals surface area contributed by atoms with Crippen LogP contribution in [0.25, 0.3) is 10.8 Å². The van der Waals surface area contributed by atoms with Gasteiger partial charge in [-0.2, -0.15) is 0 Å². The zero-order valence-corrected chi connectivity index (χ0v) is 10.4. The van der Waals surface area contributed by atoms with E-state index >= 15 is 0 Å².